The minimum atomic E-state index is -0.884. The van der Waals surface area contributed by atoms with E-state index in [0.29, 0.717) is 0 Å². The lowest BCUT2D eigenvalue weighted by Gasteiger charge is -2.16. The standard InChI is InChI=1S/C20H24O4/c1-13(2)23-17-9-5-15(6-10-17)19(20(21)22)16-7-11-18(12-8-16)24-14(3)4/h5-14,19H,1-4H3,(H,21,22). The van der Waals surface area contributed by atoms with Gasteiger partial charge in [-0.2, -0.15) is 0 Å². The second-order valence-corrected chi connectivity index (χ2v) is 6.24. The number of benzene rings is 2. The Labute approximate surface area is 143 Å². The van der Waals surface area contributed by atoms with Crippen LogP contribution in [0.15, 0.2) is 48.5 Å². The number of ether oxygens (including phenoxy) is 2. The van der Waals surface area contributed by atoms with Crippen LogP contribution in [0.4, 0.5) is 0 Å². The molecule has 0 fully saturated rings. The fourth-order valence-electron chi connectivity index (χ4n) is 2.50. The first-order valence-electron chi connectivity index (χ1n) is 8.13. The third-order valence-electron chi connectivity index (χ3n) is 3.42. The normalized spacial score (nSPS) is 11.1. The zero-order valence-corrected chi connectivity index (χ0v) is 14.5. The zero-order chi connectivity index (χ0) is 17.7. The number of hydrogen-bond acceptors (Lipinski definition) is 3. The summed E-state index contributed by atoms with van der Waals surface area (Å²) in [5.41, 5.74) is 1.44. The molecule has 2 aromatic rings. The van der Waals surface area contributed by atoms with Gasteiger partial charge in [0.15, 0.2) is 0 Å². The highest BCUT2D eigenvalue weighted by Gasteiger charge is 2.22. The summed E-state index contributed by atoms with van der Waals surface area (Å²) in [7, 11) is 0. The largest absolute Gasteiger partial charge is 0.491 e. The van der Waals surface area contributed by atoms with Gasteiger partial charge < -0.3 is 14.6 Å². The Hall–Kier alpha value is -2.49. The molecule has 0 heterocycles. The van der Waals surface area contributed by atoms with Crippen molar-refractivity contribution in [3.63, 3.8) is 0 Å². The molecular weight excluding hydrogens is 304 g/mol. The molecule has 0 aliphatic heterocycles. The fraction of sp³-hybridized carbons (Fsp3) is 0.350. The average Bonchev–Trinajstić information content (AvgIpc) is 2.49. The summed E-state index contributed by atoms with van der Waals surface area (Å²) in [4.78, 5) is 11.8. The lowest BCUT2D eigenvalue weighted by molar-refractivity contribution is -0.137. The molecule has 0 unspecified atom stereocenters. The molecule has 24 heavy (non-hydrogen) atoms. The van der Waals surface area contributed by atoms with Crippen LogP contribution in [-0.4, -0.2) is 23.3 Å². The lowest BCUT2D eigenvalue weighted by atomic mass is 9.91. The van der Waals surface area contributed by atoms with Crippen molar-refractivity contribution < 1.29 is 19.4 Å². The maximum absolute atomic E-state index is 11.8. The molecule has 128 valence electrons. The Balaban J connectivity index is 2.24. The first kappa shape index (κ1) is 17.9. The van der Waals surface area contributed by atoms with Crippen molar-refractivity contribution in [2.75, 3.05) is 0 Å². The van der Waals surface area contributed by atoms with Crippen LogP contribution >= 0.6 is 0 Å². The van der Waals surface area contributed by atoms with Crippen LogP contribution in [0.25, 0.3) is 0 Å². The van der Waals surface area contributed by atoms with Crippen LogP contribution < -0.4 is 9.47 Å². The summed E-state index contributed by atoms with van der Waals surface area (Å²) >= 11 is 0. The quantitative estimate of drug-likeness (QED) is 0.814. The smallest absolute Gasteiger partial charge is 0.315 e. The maximum atomic E-state index is 11.8. The monoisotopic (exact) mass is 328 g/mol. The summed E-state index contributed by atoms with van der Waals surface area (Å²) in [6.07, 6.45) is 0.166. The summed E-state index contributed by atoms with van der Waals surface area (Å²) in [6.45, 7) is 7.81. The van der Waals surface area contributed by atoms with Gasteiger partial charge in [0.2, 0.25) is 0 Å². The number of hydrogen-bond donors (Lipinski definition) is 1. The topological polar surface area (TPSA) is 55.8 Å². The van der Waals surface area contributed by atoms with E-state index in [4.69, 9.17) is 9.47 Å². The molecule has 0 aliphatic carbocycles. The summed E-state index contributed by atoms with van der Waals surface area (Å²) in [5, 5.41) is 9.65. The summed E-state index contributed by atoms with van der Waals surface area (Å²) in [5.74, 6) is -0.131. The molecule has 2 aromatic carbocycles. The van der Waals surface area contributed by atoms with Gasteiger partial charge >= 0.3 is 5.97 Å². The van der Waals surface area contributed by atoms with Crippen molar-refractivity contribution in [3.8, 4) is 11.5 Å². The molecule has 0 radical (unpaired) electrons. The van der Waals surface area contributed by atoms with Crippen molar-refractivity contribution in [2.24, 2.45) is 0 Å². The molecule has 0 atom stereocenters. The number of rotatable bonds is 7. The van der Waals surface area contributed by atoms with E-state index >= 15 is 0 Å². The summed E-state index contributed by atoms with van der Waals surface area (Å²) in [6, 6.07) is 14.4. The van der Waals surface area contributed by atoms with Crippen LogP contribution in [0.1, 0.15) is 44.7 Å². The van der Waals surface area contributed by atoms with Gasteiger partial charge in [-0.3, -0.25) is 4.79 Å². The fourth-order valence-corrected chi connectivity index (χ4v) is 2.50. The third-order valence-corrected chi connectivity index (χ3v) is 3.42. The van der Waals surface area contributed by atoms with E-state index in [9.17, 15) is 9.90 Å². The van der Waals surface area contributed by atoms with Gasteiger partial charge in [0.05, 0.1) is 12.2 Å². The summed E-state index contributed by atoms with van der Waals surface area (Å²) < 4.78 is 11.2. The van der Waals surface area contributed by atoms with Crippen LogP contribution in [0.5, 0.6) is 11.5 Å². The van der Waals surface area contributed by atoms with E-state index in [1.807, 2.05) is 52.0 Å². The van der Waals surface area contributed by atoms with Crippen LogP contribution in [0.2, 0.25) is 0 Å². The van der Waals surface area contributed by atoms with Gasteiger partial charge in [-0.05, 0) is 63.1 Å². The van der Waals surface area contributed by atoms with E-state index < -0.39 is 11.9 Å². The minimum Gasteiger partial charge on any atom is -0.491 e. The number of carboxylic acid groups (broad SMARTS) is 1. The van der Waals surface area contributed by atoms with Crippen molar-refractivity contribution in [3.05, 3.63) is 59.7 Å². The molecule has 0 aliphatic rings. The minimum absolute atomic E-state index is 0.0830. The first-order chi connectivity index (χ1) is 11.4. The van der Waals surface area contributed by atoms with Gasteiger partial charge in [0.25, 0.3) is 0 Å². The van der Waals surface area contributed by atoms with Crippen molar-refractivity contribution >= 4 is 5.97 Å². The number of carbonyl (C=O) groups is 1. The first-order valence-corrected chi connectivity index (χ1v) is 8.13. The molecule has 2 rings (SSSR count). The van der Waals surface area contributed by atoms with Crippen LogP contribution in [-0.2, 0) is 4.79 Å². The second kappa shape index (κ2) is 7.86. The maximum Gasteiger partial charge on any atom is 0.315 e. The van der Waals surface area contributed by atoms with E-state index in [-0.39, 0.29) is 12.2 Å². The molecule has 0 spiro atoms. The molecular formula is C20H24O4. The van der Waals surface area contributed by atoms with Crippen LogP contribution in [0, 0.1) is 0 Å². The molecule has 0 saturated carbocycles. The molecule has 1 N–H and O–H groups in total. The van der Waals surface area contributed by atoms with E-state index in [2.05, 4.69) is 0 Å². The van der Waals surface area contributed by atoms with Crippen LogP contribution in [0.3, 0.4) is 0 Å². The predicted molar refractivity (Wildman–Crippen MR) is 93.9 cm³/mol. The van der Waals surface area contributed by atoms with E-state index in [1.165, 1.54) is 0 Å². The van der Waals surface area contributed by atoms with Crippen molar-refractivity contribution in [1.29, 1.82) is 0 Å². The van der Waals surface area contributed by atoms with Gasteiger partial charge in [-0.25, -0.2) is 0 Å². The average molecular weight is 328 g/mol. The van der Waals surface area contributed by atoms with Crippen molar-refractivity contribution in [1.82, 2.24) is 0 Å². The lowest BCUT2D eigenvalue weighted by Crippen LogP contribution is -2.13. The van der Waals surface area contributed by atoms with E-state index in [1.54, 1.807) is 24.3 Å². The Morgan fingerprint density at radius 3 is 1.33 bits per heavy atom. The highest BCUT2D eigenvalue weighted by Crippen LogP contribution is 2.28. The number of aliphatic carboxylic acids is 1. The molecule has 0 aromatic heterocycles. The Kier molecular flexibility index (Phi) is 5.85. The molecule has 4 heteroatoms. The number of carboxylic acids is 1. The molecule has 0 bridgehead atoms. The molecule has 0 saturated heterocycles. The highest BCUT2D eigenvalue weighted by molar-refractivity contribution is 5.80. The van der Waals surface area contributed by atoms with Gasteiger partial charge in [0.1, 0.15) is 17.4 Å². The Morgan fingerprint density at radius 2 is 1.08 bits per heavy atom. The third kappa shape index (κ3) is 4.75. The predicted octanol–water partition coefficient (Wildman–Crippen LogP) is 4.48. The van der Waals surface area contributed by atoms with Gasteiger partial charge in [-0.1, -0.05) is 24.3 Å². The molecule has 4 nitrogen and oxygen atoms in total. The second-order valence-electron chi connectivity index (χ2n) is 6.24. The van der Waals surface area contributed by atoms with Gasteiger partial charge in [0, 0.05) is 0 Å². The Morgan fingerprint density at radius 1 is 0.750 bits per heavy atom. The molecule has 0 amide bonds. The zero-order valence-electron chi connectivity index (χ0n) is 14.5. The highest BCUT2D eigenvalue weighted by atomic mass is 16.5. The Bertz CT molecular complexity index is 604. The SMILES string of the molecule is CC(C)Oc1ccc(C(C(=O)O)c2ccc(OC(C)C)cc2)cc1. The van der Waals surface area contributed by atoms with E-state index in [0.717, 1.165) is 22.6 Å². The van der Waals surface area contributed by atoms with Crippen molar-refractivity contribution in [2.45, 2.75) is 45.8 Å². The van der Waals surface area contributed by atoms with Gasteiger partial charge in [-0.15, -0.1) is 0 Å².